The van der Waals surface area contributed by atoms with Crippen LogP contribution < -0.4 is 0 Å². The summed E-state index contributed by atoms with van der Waals surface area (Å²) in [7, 11) is 0. The number of amides is 1. The van der Waals surface area contributed by atoms with Crippen molar-refractivity contribution >= 4 is 21.8 Å². The van der Waals surface area contributed by atoms with Crippen LogP contribution in [0, 0.1) is 11.7 Å². The first-order chi connectivity index (χ1) is 8.11. The number of rotatable bonds is 2. The Bertz CT molecular complexity index is 435. The molecule has 1 aromatic rings. The highest BCUT2D eigenvalue weighted by molar-refractivity contribution is 9.10. The standard InChI is InChI=1S/C13H15BrFNO/c1-2-9-5-6-16(8-9)13(17)11-7-10(14)3-4-12(11)15/h3-4,7,9H,2,5-6,8H2,1H3. The Balaban J connectivity index is 2.17. The van der Waals surface area contributed by atoms with E-state index in [4.69, 9.17) is 0 Å². The highest BCUT2D eigenvalue weighted by Crippen LogP contribution is 2.23. The fourth-order valence-electron chi connectivity index (χ4n) is 2.18. The summed E-state index contributed by atoms with van der Waals surface area (Å²) < 4.78 is 14.3. The summed E-state index contributed by atoms with van der Waals surface area (Å²) in [5, 5.41) is 0. The third-order valence-corrected chi connectivity index (χ3v) is 3.80. The van der Waals surface area contributed by atoms with Crippen molar-refractivity contribution in [2.24, 2.45) is 5.92 Å². The van der Waals surface area contributed by atoms with E-state index in [0.29, 0.717) is 5.92 Å². The fraction of sp³-hybridized carbons (Fsp3) is 0.462. The molecule has 1 aliphatic heterocycles. The molecule has 0 saturated carbocycles. The first-order valence-corrected chi connectivity index (χ1v) is 6.65. The van der Waals surface area contributed by atoms with Gasteiger partial charge in [-0.3, -0.25) is 4.79 Å². The van der Waals surface area contributed by atoms with E-state index >= 15 is 0 Å². The number of hydrogen-bond acceptors (Lipinski definition) is 1. The van der Waals surface area contributed by atoms with Crippen LogP contribution in [0.1, 0.15) is 30.1 Å². The first-order valence-electron chi connectivity index (χ1n) is 5.86. The molecule has 0 bridgehead atoms. The lowest BCUT2D eigenvalue weighted by atomic mass is 10.1. The average molecular weight is 300 g/mol. The average Bonchev–Trinajstić information content (AvgIpc) is 2.80. The lowest BCUT2D eigenvalue weighted by Crippen LogP contribution is -2.29. The predicted octanol–water partition coefficient (Wildman–Crippen LogP) is 3.46. The zero-order valence-corrected chi connectivity index (χ0v) is 11.3. The van der Waals surface area contributed by atoms with E-state index < -0.39 is 5.82 Å². The maximum absolute atomic E-state index is 13.6. The summed E-state index contributed by atoms with van der Waals surface area (Å²) in [4.78, 5) is 13.9. The van der Waals surface area contributed by atoms with Crippen molar-refractivity contribution in [2.45, 2.75) is 19.8 Å². The van der Waals surface area contributed by atoms with Gasteiger partial charge in [0.2, 0.25) is 0 Å². The molecule has 0 radical (unpaired) electrons. The van der Waals surface area contributed by atoms with Crippen LogP contribution in [0.15, 0.2) is 22.7 Å². The van der Waals surface area contributed by atoms with Crippen molar-refractivity contribution in [2.75, 3.05) is 13.1 Å². The van der Waals surface area contributed by atoms with Crippen molar-refractivity contribution in [3.8, 4) is 0 Å². The highest BCUT2D eigenvalue weighted by Gasteiger charge is 2.27. The largest absolute Gasteiger partial charge is 0.338 e. The maximum atomic E-state index is 13.6. The van der Waals surface area contributed by atoms with Gasteiger partial charge < -0.3 is 4.90 Å². The lowest BCUT2D eigenvalue weighted by molar-refractivity contribution is 0.0782. The second-order valence-electron chi connectivity index (χ2n) is 4.44. The number of benzene rings is 1. The van der Waals surface area contributed by atoms with Gasteiger partial charge in [-0.2, -0.15) is 0 Å². The van der Waals surface area contributed by atoms with Gasteiger partial charge in [-0.1, -0.05) is 29.3 Å². The quantitative estimate of drug-likeness (QED) is 0.819. The summed E-state index contributed by atoms with van der Waals surface area (Å²) in [6.45, 7) is 3.61. The summed E-state index contributed by atoms with van der Waals surface area (Å²) in [5.74, 6) is -0.0768. The minimum absolute atomic E-state index is 0.163. The van der Waals surface area contributed by atoms with Crippen LogP contribution in [-0.4, -0.2) is 23.9 Å². The molecule has 17 heavy (non-hydrogen) atoms. The molecule has 1 fully saturated rings. The molecule has 1 heterocycles. The molecule has 1 amide bonds. The van der Waals surface area contributed by atoms with Crippen LogP contribution in [0.5, 0.6) is 0 Å². The van der Waals surface area contributed by atoms with E-state index in [9.17, 15) is 9.18 Å². The van der Waals surface area contributed by atoms with Crippen LogP contribution >= 0.6 is 15.9 Å². The molecule has 4 heteroatoms. The summed E-state index contributed by atoms with van der Waals surface area (Å²) in [6.07, 6.45) is 2.10. The Morgan fingerprint density at radius 2 is 2.35 bits per heavy atom. The molecule has 1 saturated heterocycles. The highest BCUT2D eigenvalue weighted by atomic mass is 79.9. The molecule has 0 aromatic heterocycles. The van der Waals surface area contributed by atoms with Crippen LogP contribution in [0.25, 0.3) is 0 Å². The topological polar surface area (TPSA) is 20.3 Å². The van der Waals surface area contributed by atoms with E-state index in [2.05, 4.69) is 22.9 Å². The van der Waals surface area contributed by atoms with Crippen molar-refractivity contribution in [3.05, 3.63) is 34.1 Å². The van der Waals surface area contributed by atoms with Gasteiger partial charge in [-0.25, -0.2) is 4.39 Å². The van der Waals surface area contributed by atoms with Crippen LogP contribution in [0.3, 0.4) is 0 Å². The summed E-state index contributed by atoms with van der Waals surface area (Å²) in [6, 6.07) is 4.48. The number of nitrogens with zero attached hydrogens (tertiary/aromatic N) is 1. The monoisotopic (exact) mass is 299 g/mol. The van der Waals surface area contributed by atoms with Gasteiger partial charge >= 0.3 is 0 Å². The third-order valence-electron chi connectivity index (χ3n) is 3.31. The van der Waals surface area contributed by atoms with Gasteiger partial charge in [0.05, 0.1) is 5.56 Å². The molecule has 2 nitrogen and oxygen atoms in total. The number of likely N-dealkylation sites (tertiary alicyclic amines) is 1. The van der Waals surface area contributed by atoms with E-state index in [1.807, 2.05) is 0 Å². The molecule has 0 spiro atoms. The number of carbonyl (C=O) groups is 1. The zero-order valence-electron chi connectivity index (χ0n) is 9.75. The zero-order chi connectivity index (χ0) is 12.4. The second kappa shape index (κ2) is 5.17. The van der Waals surface area contributed by atoms with Gasteiger partial charge in [0, 0.05) is 17.6 Å². The van der Waals surface area contributed by atoms with Crippen LogP contribution in [0.4, 0.5) is 4.39 Å². The van der Waals surface area contributed by atoms with Gasteiger partial charge in [-0.05, 0) is 30.5 Å². The number of halogens is 2. The molecule has 0 N–H and O–H groups in total. The van der Waals surface area contributed by atoms with Gasteiger partial charge in [0.1, 0.15) is 5.82 Å². The van der Waals surface area contributed by atoms with E-state index in [-0.39, 0.29) is 11.5 Å². The summed E-state index contributed by atoms with van der Waals surface area (Å²) >= 11 is 3.26. The van der Waals surface area contributed by atoms with E-state index in [1.54, 1.807) is 17.0 Å². The first kappa shape index (κ1) is 12.6. The van der Waals surface area contributed by atoms with Gasteiger partial charge in [0.15, 0.2) is 0 Å². The lowest BCUT2D eigenvalue weighted by Gasteiger charge is -2.16. The maximum Gasteiger partial charge on any atom is 0.256 e. The SMILES string of the molecule is CCC1CCN(C(=O)c2cc(Br)ccc2F)C1. The molecule has 2 rings (SSSR count). The second-order valence-corrected chi connectivity index (χ2v) is 5.35. The van der Waals surface area contributed by atoms with Crippen LogP contribution in [0.2, 0.25) is 0 Å². The Hall–Kier alpha value is -0.900. The molecule has 1 atom stereocenters. The van der Waals surface area contributed by atoms with Crippen molar-refractivity contribution in [3.63, 3.8) is 0 Å². The van der Waals surface area contributed by atoms with E-state index in [0.717, 1.165) is 30.4 Å². The molecular formula is C13H15BrFNO. The molecule has 1 aliphatic rings. The van der Waals surface area contributed by atoms with Gasteiger partial charge in [-0.15, -0.1) is 0 Å². The van der Waals surface area contributed by atoms with Crippen molar-refractivity contribution in [1.29, 1.82) is 0 Å². The Kier molecular flexibility index (Phi) is 3.82. The van der Waals surface area contributed by atoms with Crippen molar-refractivity contribution < 1.29 is 9.18 Å². The smallest absolute Gasteiger partial charge is 0.256 e. The number of hydrogen-bond donors (Lipinski definition) is 0. The van der Waals surface area contributed by atoms with Gasteiger partial charge in [0.25, 0.3) is 5.91 Å². The minimum Gasteiger partial charge on any atom is -0.338 e. The predicted molar refractivity (Wildman–Crippen MR) is 68.4 cm³/mol. The van der Waals surface area contributed by atoms with Crippen molar-refractivity contribution in [1.82, 2.24) is 4.90 Å². The van der Waals surface area contributed by atoms with E-state index in [1.165, 1.54) is 6.07 Å². The molecule has 92 valence electrons. The molecule has 0 aliphatic carbocycles. The minimum atomic E-state index is -0.446. The Labute approximate surface area is 109 Å². The molecular weight excluding hydrogens is 285 g/mol. The summed E-state index contributed by atoms with van der Waals surface area (Å²) in [5.41, 5.74) is 0.163. The van der Waals surface area contributed by atoms with Crippen LogP contribution in [-0.2, 0) is 0 Å². The Morgan fingerprint density at radius 1 is 1.59 bits per heavy atom. The normalized spacial score (nSPS) is 19.7. The third kappa shape index (κ3) is 2.68. The molecule has 1 aromatic carbocycles. The fourth-order valence-corrected chi connectivity index (χ4v) is 2.54. The Morgan fingerprint density at radius 3 is 3.00 bits per heavy atom. The number of carbonyl (C=O) groups excluding carboxylic acids is 1. The molecule has 1 unspecified atom stereocenters.